The van der Waals surface area contributed by atoms with Crippen LogP contribution in [0.4, 0.5) is 5.69 Å². The minimum atomic E-state index is 0.662. The van der Waals surface area contributed by atoms with E-state index >= 15 is 0 Å². The van der Waals surface area contributed by atoms with Crippen molar-refractivity contribution in [3.8, 4) is 17.0 Å². The quantitative estimate of drug-likeness (QED) is 0.774. The van der Waals surface area contributed by atoms with Gasteiger partial charge in [-0.2, -0.15) is 0 Å². The van der Waals surface area contributed by atoms with Crippen LogP contribution in [0.15, 0.2) is 36.8 Å². The lowest BCUT2D eigenvalue weighted by molar-refractivity contribution is 0.415. The van der Waals surface area contributed by atoms with Crippen LogP contribution in [0.25, 0.3) is 11.3 Å². The van der Waals surface area contributed by atoms with E-state index in [0.29, 0.717) is 6.54 Å². The Morgan fingerprint density at radius 3 is 3.05 bits per heavy atom. The van der Waals surface area contributed by atoms with Gasteiger partial charge >= 0.3 is 0 Å². The van der Waals surface area contributed by atoms with Gasteiger partial charge in [0.25, 0.3) is 0 Å². The number of nitrogens with one attached hydrogen (secondary N) is 1. The summed E-state index contributed by atoms with van der Waals surface area (Å²) in [6.45, 7) is 1.47. The minimum absolute atomic E-state index is 0.662. The predicted octanol–water partition coefficient (Wildman–Crippen LogP) is 1.91. The third-order valence-electron chi connectivity index (χ3n) is 2.75. The molecule has 0 unspecified atom stereocenters. The van der Waals surface area contributed by atoms with Crippen LogP contribution in [0.3, 0.4) is 0 Å². The summed E-state index contributed by atoms with van der Waals surface area (Å²) in [6, 6.07) is 7.81. The fraction of sp³-hybridized carbons (Fsp3) is 0.286. The molecule has 0 saturated heterocycles. The fourth-order valence-electron chi connectivity index (χ4n) is 1.78. The van der Waals surface area contributed by atoms with Crippen LogP contribution in [0.1, 0.15) is 6.42 Å². The van der Waals surface area contributed by atoms with Crippen LogP contribution >= 0.6 is 0 Å². The normalized spacial score (nSPS) is 10.2. The number of anilines is 1. The molecule has 2 rings (SSSR count). The number of hydrogen-bond acceptors (Lipinski definition) is 5. The molecule has 0 atom stereocenters. The number of methoxy groups -OCH3 is 1. The maximum absolute atomic E-state index is 5.49. The Morgan fingerprint density at radius 2 is 2.26 bits per heavy atom. The van der Waals surface area contributed by atoms with Crippen LogP contribution in [-0.4, -0.2) is 30.2 Å². The Kier molecular flexibility index (Phi) is 4.69. The second kappa shape index (κ2) is 6.70. The van der Waals surface area contributed by atoms with Gasteiger partial charge in [-0.25, -0.2) is 9.97 Å². The molecule has 0 amide bonds. The standard InChI is InChI=1S/C14H18N4O/c1-19-12-5-2-4-11(8-12)14-13(9-16-10-18-14)17-7-3-6-15/h2,4-5,8-10,17H,3,6-7,15H2,1H3. The molecule has 1 aromatic carbocycles. The zero-order chi connectivity index (χ0) is 13.5. The molecule has 0 bridgehead atoms. The first-order valence-corrected chi connectivity index (χ1v) is 6.23. The smallest absolute Gasteiger partial charge is 0.119 e. The first-order chi connectivity index (χ1) is 9.35. The van der Waals surface area contributed by atoms with Crippen LogP contribution < -0.4 is 15.8 Å². The fourth-order valence-corrected chi connectivity index (χ4v) is 1.78. The molecule has 2 aromatic rings. The van der Waals surface area contributed by atoms with Crippen molar-refractivity contribution in [2.45, 2.75) is 6.42 Å². The molecule has 5 nitrogen and oxygen atoms in total. The molecule has 3 N–H and O–H groups in total. The van der Waals surface area contributed by atoms with Gasteiger partial charge < -0.3 is 15.8 Å². The van der Waals surface area contributed by atoms with E-state index in [9.17, 15) is 0 Å². The summed E-state index contributed by atoms with van der Waals surface area (Å²) in [5.41, 5.74) is 8.26. The van der Waals surface area contributed by atoms with Gasteiger partial charge in [-0.05, 0) is 25.1 Å². The zero-order valence-corrected chi connectivity index (χ0v) is 11.0. The first-order valence-electron chi connectivity index (χ1n) is 6.23. The van der Waals surface area contributed by atoms with E-state index in [0.717, 1.165) is 35.7 Å². The van der Waals surface area contributed by atoms with Gasteiger partial charge in [-0.1, -0.05) is 12.1 Å². The van der Waals surface area contributed by atoms with Crippen LogP contribution in [-0.2, 0) is 0 Å². The second-order valence-corrected chi connectivity index (χ2v) is 4.09. The van der Waals surface area contributed by atoms with Crippen molar-refractivity contribution in [3.05, 3.63) is 36.8 Å². The number of aromatic nitrogens is 2. The van der Waals surface area contributed by atoms with Crippen molar-refractivity contribution in [2.24, 2.45) is 5.73 Å². The second-order valence-electron chi connectivity index (χ2n) is 4.09. The molecule has 0 saturated carbocycles. The van der Waals surface area contributed by atoms with Crippen molar-refractivity contribution >= 4 is 5.69 Å². The summed E-state index contributed by atoms with van der Waals surface area (Å²) in [7, 11) is 1.65. The Balaban J connectivity index is 2.27. The molecule has 5 heteroatoms. The highest BCUT2D eigenvalue weighted by atomic mass is 16.5. The molecule has 1 aromatic heterocycles. The number of nitrogens with two attached hydrogens (primary N) is 1. The molecule has 0 aliphatic heterocycles. The molecule has 0 spiro atoms. The molecule has 0 aliphatic carbocycles. The Bertz CT molecular complexity index is 530. The van der Waals surface area contributed by atoms with Crippen molar-refractivity contribution < 1.29 is 4.74 Å². The van der Waals surface area contributed by atoms with Crippen molar-refractivity contribution in [3.63, 3.8) is 0 Å². The highest BCUT2D eigenvalue weighted by molar-refractivity contribution is 5.74. The summed E-state index contributed by atoms with van der Waals surface area (Å²) < 4.78 is 5.23. The van der Waals surface area contributed by atoms with Crippen molar-refractivity contribution in [1.29, 1.82) is 0 Å². The molecule has 0 radical (unpaired) electrons. The molecule has 19 heavy (non-hydrogen) atoms. The maximum Gasteiger partial charge on any atom is 0.119 e. The minimum Gasteiger partial charge on any atom is -0.497 e. The topological polar surface area (TPSA) is 73.1 Å². The average Bonchev–Trinajstić information content (AvgIpc) is 2.48. The zero-order valence-electron chi connectivity index (χ0n) is 11.0. The van der Waals surface area contributed by atoms with E-state index < -0.39 is 0 Å². The summed E-state index contributed by atoms with van der Waals surface area (Å²) in [6.07, 6.45) is 4.23. The van der Waals surface area contributed by atoms with Crippen molar-refractivity contribution in [2.75, 3.05) is 25.5 Å². The highest BCUT2D eigenvalue weighted by Crippen LogP contribution is 2.27. The van der Waals surface area contributed by atoms with Gasteiger partial charge in [-0.3, -0.25) is 0 Å². The first kappa shape index (κ1) is 13.3. The van der Waals surface area contributed by atoms with Gasteiger partial charge in [0.15, 0.2) is 0 Å². The van der Waals surface area contributed by atoms with E-state index in [4.69, 9.17) is 10.5 Å². The van der Waals surface area contributed by atoms with Crippen molar-refractivity contribution in [1.82, 2.24) is 9.97 Å². The van der Waals surface area contributed by atoms with Gasteiger partial charge in [0.2, 0.25) is 0 Å². The Hall–Kier alpha value is -2.14. The van der Waals surface area contributed by atoms with Gasteiger partial charge in [0.05, 0.1) is 24.7 Å². The summed E-state index contributed by atoms with van der Waals surface area (Å²) >= 11 is 0. The van der Waals surface area contributed by atoms with E-state index in [-0.39, 0.29) is 0 Å². The predicted molar refractivity (Wildman–Crippen MR) is 76.2 cm³/mol. The number of rotatable bonds is 6. The van der Waals surface area contributed by atoms with Gasteiger partial charge in [0, 0.05) is 12.1 Å². The van der Waals surface area contributed by atoms with Crippen LogP contribution in [0, 0.1) is 0 Å². The average molecular weight is 258 g/mol. The molecular formula is C14H18N4O. The lowest BCUT2D eigenvalue weighted by Gasteiger charge is -2.11. The summed E-state index contributed by atoms with van der Waals surface area (Å²) in [4.78, 5) is 8.40. The SMILES string of the molecule is COc1cccc(-c2ncncc2NCCCN)c1. The lowest BCUT2D eigenvalue weighted by atomic mass is 10.1. The number of hydrogen-bond donors (Lipinski definition) is 2. The summed E-state index contributed by atoms with van der Waals surface area (Å²) in [5.74, 6) is 0.809. The largest absolute Gasteiger partial charge is 0.497 e. The monoisotopic (exact) mass is 258 g/mol. The van der Waals surface area contributed by atoms with E-state index in [1.165, 1.54) is 0 Å². The van der Waals surface area contributed by atoms with Gasteiger partial charge in [-0.15, -0.1) is 0 Å². The molecule has 1 heterocycles. The van der Waals surface area contributed by atoms with E-state index in [1.54, 1.807) is 19.6 Å². The lowest BCUT2D eigenvalue weighted by Crippen LogP contribution is -2.09. The molecule has 0 aliphatic rings. The molecule has 0 fully saturated rings. The van der Waals surface area contributed by atoms with E-state index in [2.05, 4.69) is 15.3 Å². The summed E-state index contributed by atoms with van der Waals surface area (Å²) in [5, 5.41) is 3.30. The Morgan fingerprint density at radius 1 is 1.37 bits per heavy atom. The van der Waals surface area contributed by atoms with E-state index in [1.807, 2.05) is 24.3 Å². The third kappa shape index (κ3) is 3.42. The van der Waals surface area contributed by atoms with Crippen LogP contribution in [0.2, 0.25) is 0 Å². The number of ether oxygens (including phenoxy) is 1. The molecule has 100 valence electrons. The van der Waals surface area contributed by atoms with Gasteiger partial charge in [0.1, 0.15) is 12.1 Å². The highest BCUT2D eigenvalue weighted by Gasteiger charge is 2.07. The molecular weight excluding hydrogens is 240 g/mol. The number of nitrogens with zero attached hydrogens (tertiary/aromatic N) is 2. The Labute approximate surface area is 112 Å². The maximum atomic E-state index is 5.49. The van der Waals surface area contributed by atoms with Crippen LogP contribution in [0.5, 0.6) is 5.75 Å². The third-order valence-corrected chi connectivity index (χ3v) is 2.75. The number of benzene rings is 1.